The van der Waals surface area contributed by atoms with Gasteiger partial charge in [-0.25, -0.2) is 9.59 Å². The maximum atomic E-state index is 11.7. The molecule has 0 radical (unpaired) electrons. The predicted molar refractivity (Wildman–Crippen MR) is 58.2 cm³/mol. The number of carbonyl (C=O) groups excluding carboxylic acids is 1. The standard InChI is InChI=1S/C11H19NO4/c1-8(2)16-11(15)12-7-5-3-4-6-9(12)10(13)14/h8-9H,3-7H2,1-2H3,(H,13,14). The molecule has 5 heteroatoms. The van der Waals surface area contributed by atoms with Gasteiger partial charge in [0.25, 0.3) is 0 Å². The van der Waals surface area contributed by atoms with Crippen LogP contribution >= 0.6 is 0 Å². The van der Waals surface area contributed by atoms with Crippen LogP contribution in [-0.2, 0) is 9.53 Å². The van der Waals surface area contributed by atoms with E-state index in [1.165, 1.54) is 4.90 Å². The summed E-state index contributed by atoms with van der Waals surface area (Å²) in [5, 5.41) is 9.07. The first-order chi connectivity index (χ1) is 7.52. The summed E-state index contributed by atoms with van der Waals surface area (Å²) in [4.78, 5) is 24.1. The van der Waals surface area contributed by atoms with E-state index in [1.54, 1.807) is 13.8 Å². The zero-order valence-electron chi connectivity index (χ0n) is 9.81. The highest BCUT2D eigenvalue weighted by atomic mass is 16.6. The highest BCUT2D eigenvalue weighted by molar-refractivity contribution is 5.80. The van der Waals surface area contributed by atoms with Gasteiger partial charge in [0.2, 0.25) is 0 Å². The molecule has 1 saturated heterocycles. The lowest BCUT2D eigenvalue weighted by atomic mass is 10.1. The molecule has 16 heavy (non-hydrogen) atoms. The highest BCUT2D eigenvalue weighted by Crippen LogP contribution is 2.18. The molecular weight excluding hydrogens is 210 g/mol. The van der Waals surface area contributed by atoms with Gasteiger partial charge in [-0.05, 0) is 26.7 Å². The van der Waals surface area contributed by atoms with Crippen LogP contribution < -0.4 is 0 Å². The van der Waals surface area contributed by atoms with Crippen molar-refractivity contribution in [3.63, 3.8) is 0 Å². The van der Waals surface area contributed by atoms with E-state index in [2.05, 4.69) is 0 Å². The number of carbonyl (C=O) groups is 2. The normalized spacial score (nSPS) is 21.7. The molecule has 0 spiro atoms. The average molecular weight is 229 g/mol. The van der Waals surface area contributed by atoms with E-state index >= 15 is 0 Å². The van der Waals surface area contributed by atoms with Gasteiger partial charge in [0.1, 0.15) is 6.04 Å². The molecule has 0 saturated carbocycles. The lowest BCUT2D eigenvalue weighted by Gasteiger charge is -2.26. The highest BCUT2D eigenvalue weighted by Gasteiger charge is 2.31. The van der Waals surface area contributed by atoms with E-state index in [1.807, 2.05) is 0 Å². The van der Waals surface area contributed by atoms with E-state index in [9.17, 15) is 9.59 Å². The maximum absolute atomic E-state index is 11.7. The topological polar surface area (TPSA) is 66.8 Å². The van der Waals surface area contributed by atoms with Crippen LogP contribution in [0.15, 0.2) is 0 Å². The molecule has 1 fully saturated rings. The molecule has 1 atom stereocenters. The molecule has 1 amide bonds. The molecule has 5 nitrogen and oxygen atoms in total. The first kappa shape index (κ1) is 12.8. The number of hydrogen-bond acceptors (Lipinski definition) is 3. The Labute approximate surface area is 95.4 Å². The van der Waals surface area contributed by atoms with E-state index in [-0.39, 0.29) is 6.10 Å². The van der Waals surface area contributed by atoms with Crippen molar-refractivity contribution in [2.24, 2.45) is 0 Å². The lowest BCUT2D eigenvalue weighted by Crippen LogP contribution is -2.45. The quantitative estimate of drug-likeness (QED) is 0.784. The summed E-state index contributed by atoms with van der Waals surface area (Å²) in [7, 11) is 0. The Kier molecular flexibility index (Phi) is 4.58. The van der Waals surface area contributed by atoms with Gasteiger partial charge in [0.05, 0.1) is 6.10 Å². The average Bonchev–Trinajstić information content (AvgIpc) is 2.40. The van der Waals surface area contributed by atoms with Crippen LogP contribution in [0.5, 0.6) is 0 Å². The molecule has 92 valence electrons. The monoisotopic (exact) mass is 229 g/mol. The van der Waals surface area contributed by atoms with Gasteiger partial charge < -0.3 is 9.84 Å². The van der Waals surface area contributed by atoms with Gasteiger partial charge in [-0.2, -0.15) is 0 Å². The molecule has 1 aliphatic heterocycles. The Morgan fingerprint density at radius 1 is 1.31 bits per heavy atom. The summed E-state index contributed by atoms with van der Waals surface area (Å²) in [5.74, 6) is -0.942. The fourth-order valence-electron chi connectivity index (χ4n) is 1.85. The van der Waals surface area contributed by atoms with Crippen molar-refractivity contribution in [3.8, 4) is 0 Å². The third kappa shape index (κ3) is 3.40. The van der Waals surface area contributed by atoms with E-state index in [0.717, 1.165) is 19.3 Å². The third-order valence-electron chi connectivity index (χ3n) is 2.61. The Morgan fingerprint density at radius 3 is 2.56 bits per heavy atom. The van der Waals surface area contributed by atoms with Crippen LogP contribution in [0.25, 0.3) is 0 Å². The summed E-state index contributed by atoms with van der Waals surface area (Å²) in [6.45, 7) is 3.99. The van der Waals surface area contributed by atoms with Crippen molar-refractivity contribution in [2.45, 2.75) is 51.7 Å². The minimum absolute atomic E-state index is 0.217. The van der Waals surface area contributed by atoms with E-state index in [4.69, 9.17) is 9.84 Å². The van der Waals surface area contributed by atoms with Crippen molar-refractivity contribution in [1.82, 2.24) is 4.90 Å². The molecular formula is C11H19NO4. The molecule has 1 heterocycles. The number of carboxylic acid groups (broad SMARTS) is 1. The van der Waals surface area contributed by atoms with Gasteiger partial charge in [0.15, 0.2) is 0 Å². The van der Waals surface area contributed by atoms with Gasteiger partial charge in [-0.1, -0.05) is 12.8 Å². The van der Waals surface area contributed by atoms with E-state index < -0.39 is 18.1 Å². The molecule has 0 aromatic carbocycles. The zero-order chi connectivity index (χ0) is 12.1. The number of ether oxygens (including phenoxy) is 1. The molecule has 0 aromatic heterocycles. The fraction of sp³-hybridized carbons (Fsp3) is 0.818. The van der Waals surface area contributed by atoms with Crippen LogP contribution in [-0.4, -0.2) is 40.8 Å². The number of rotatable bonds is 2. The summed E-state index contributed by atoms with van der Waals surface area (Å²) < 4.78 is 5.05. The molecule has 0 aromatic rings. The van der Waals surface area contributed by atoms with Gasteiger partial charge in [-0.3, -0.25) is 4.90 Å². The predicted octanol–water partition coefficient (Wildman–Crippen LogP) is 1.86. The van der Waals surface area contributed by atoms with Gasteiger partial charge in [-0.15, -0.1) is 0 Å². The van der Waals surface area contributed by atoms with Crippen molar-refractivity contribution >= 4 is 12.1 Å². The van der Waals surface area contributed by atoms with Crippen molar-refractivity contribution in [3.05, 3.63) is 0 Å². The Bertz CT molecular complexity index is 265. The van der Waals surface area contributed by atoms with Gasteiger partial charge in [0, 0.05) is 6.54 Å². The molecule has 1 aliphatic rings. The number of carboxylic acids is 1. The largest absolute Gasteiger partial charge is 0.480 e. The minimum atomic E-state index is -0.942. The second-order valence-corrected chi connectivity index (χ2v) is 4.33. The number of likely N-dealkylation sites (tertiary alicyclic amines) is 1. The Balaban J connectivity index is 2.70. The lowest BCUT2D eigenvalue weighted by molar-refractivity contribution is -0.143. The number of aliphatic carboxylic acids is 1. The number of amides is 1. The second kappa shape index (κ2) is 5.72. The van der Waals surface area contributed by atoms with Crippen molar-refractivity contribution in [2.75, 3.05) is 6.54 Å². The number of hydrogen-bond donors (Lipinski definition) is 1. The molecule has 1 N–H and O–H groups in total. The van der Waals surface area contributed by atoms with Crippen LogP contribution in [0.2, 0.25) is 0 Å². The molecule has 0 aliphatic carbocycles. The Hall–Kier alpha value is -1.26. The van der Waals surface area contributed by atoms with E-state index in [0.29, 0.717) is 13.0 Å². The first-order valence-corrected chi connectivity index (χ1v) is 5.72. The van der Waals surface area contributed by atoms with Crippen LogP contribution in [0, 0.1) is 0 Å². The SMILES string of the molecule is CC(C)OC(=O)N1CCCCCC1C(=O)O. The van der Waals surface area contributed by atoms with Crippen LogP contribution in [0.1, 0.15) is 39.5 Å². The summed E-state index contributed by atoms with van der Waals surface area (Å²) in [6.07, 6.45) is 2.45. The summed E-state index contributed by atoms with van der Waals surface area (Å²) >= 11 is 0. The summed E-state index contributed by atoms with van der Waals surface area (Å²) in [6, 6.07) is -0.728. The minimum Gasteiger partial charge on any atom is -0.480 e. The third-order valence-corrected chi connectivity index (χ3v) is 2.61. The van der Waals surface area contributed by atoms with Crippen LogP contribution in [0.3, 0.4) is 0 Å². The number of nitrogens with zero attached hydrogens (tertiary/aromatic N) is 1. The van der Waals surface area contributed by atoms with Crippen molar-refractivity contribution in [1.29, 1.82) is 0 Å². The summed E-state index contributed by atoms with van der Waals surface area (Å²) in [5.41, 5.74) is 0. The molecule has 1 rings (SSSR count). The second-order valence-electron chi connectivity index (χ2n) is 4.33. The molecule has 1 unspecified atom stereocenters. The van der Waals surface area contributed by atoms with Crippen LogP contribution in [0.4, 0.5) is 4.79 Å². The molecule has 0 bridgehead atoms. The van der Waals surface area contributed by atoms with Gasteiger partial charge >= 0.3 is 12.1 Å². The smallest absolute Gasteiger partial charge is 0.410 e. The first-order valence-electron chi connectivity index (χ1n) is 5.72. The Morgan fingerprint density at radius 2 is 2.00 bits per heavy atom. The fourth-order valence-corrected chi connectivity index (χ4v) is 1.85. The maximum Gasteiger partial charge on any atom is 0.410 e. The zero-order valence-corrected chi connectivity index (χ0v) is 9.81. The van der Waals surface area contributed by atoms with Crippen molar-refractivity contribution < 1.29 is 19.4 Å².